The van der Waals surface area contributed by atoms with Crippen LogP contribution in [0.25, 0.3) is 0 Å². The summed E-state index contributed by atoms with van der Waals surface area (Å²) in [6.07, 6.45) is 1.25. The molecular formula is C7H12N2OS. The Morgan fingerprint density at radius 1 is 1.82 bits per heavy atom. The Kier molecular flexibility index (Phi) is 3.48. The summed E-state index contributed by atoms with van der Waals surface area (Å²) in [6, 6.07) is 0. The Labute approximate surface area is 70.1 Å². The number of nitrogens with zero attached hydrogens (tertiary/aromatic N) is 1. The van der Waals surface area contributed by atoms with Gasteiger partial charge in [0.25, 0.3) is 0 Å². The fourth-order valence-corrected chi connectivity index (χ4v) is 1.39. The van der Waals surface area contributed by atoms with E-state index in [0.717, 1.165) is 11.6 Å². The molecule has 1 aromatic heterocycles. The van der Waals surface area contributed by atoms with Crippen LogP contribution < -0.4 is 5.32 Å². The minimum absolute atomic E-state index is 0.449. The third kappa shape index (κ3) is 2.57. The SMILES string of the molecule is CCNCC(O)c1nccs1. The van der Waals surface area contributed by atoms with Gasteiger partial charge in [0.2, 0.25) is 0 Å². The van der Waals surface area contributed by atoms with Gasteiger partial charge in [-0.05, 0) is 6.54 Å². The molecule has 0 saturated carbocycles. The number of aromatic nitrogens is 1. The average molecular weight is 172 g/mol. The van der Waals surface area contributed by atoms with Gasteiger partial charge < -0.3 is 10.4 Å². The van der Waals surface area contributed by atoms with E-state index in [0.29, 0.717) is 6.54 Å². The lowest BCUT2D eigenvalue weighted by Crippen LogP contribution is -2.20. The maximum absolute atomic E-state index is 9.43. The van der Waals surface area contributed by atoms with E-state index < -0.39 is 6.10 Å². The molecule has 11 heavy (non-hydrogen) atoms. The van der Waals surface area contributed by atoms with Crippen LogP contribution in [0, 0.1) is 0 Å². The highest BCUT2D eigenvalue weighted by atomic mass is 32.1. The van der Waals surface area contributed by atoms with Crippen LogP contribution in [0.1, 0.15) is 18.0 Å². The molecule has 0 bridgehead atoms. The molecule has 0 radical (unpaired) electrons. The molecule has 1 unspecified atom stereocenters. The van der Waals surface area contributed by atoms with Crippen LogP contribution in [0.15, 0.2) is 11.6 Å². The van der Waals surface area contributed by atoms with Gasteiger partial charge in [-0.15, -0.1) is 11.3 Å². The minimum atomic E-state index is -0.449. The number of aliphatic hydroxyl groups is 1. The first-order valence-electron chi connectivity index (χ1n) is 3.62. The summed E-state index contributed by atoms with van der Waals surface area (Å²) in [5.41, 5.74) is 0. The molecule has 1 aromatic rings. The highest BCUT2D eigenvalue weighted by Crippen LogP contribution is 2.13. The van der Waals surface area contributed by atoms with Gasteiger partial charge in [-0.3, -0.25) is 0 Å². The molecule has 1 heterocycles. The number of hydrogen-bond acceptors (Lipinski definition) is 4. The normalized spacial score (nSPS) is 13.3. The van der Waals surface area contributed by atoms with Crippen LogP contribution in [0.2, 0.25) is 0 Å². The van der Waals surface area contributed by atoms with Gasteiger partial charge in [0, 0.05) is 18.1 Å². The summed E-state index contributed by atoms with van der Waals surface area (Å²) in [6.45, 7) is 3.47. The summed E-state index contributed by atoms with van der Waals surface area (Å²) in [7, 11) is 0. The topological polar surface area (TPSA) is 45.1 Å². The molecule has 2 N–H and O–H groups in total. The maximum Gasteiger partial charge on any atom is 0.122 e. The molecule has 62 valence electrons. The van der Waals surface area contributed by atoms with Gasteiger partial charge >= 0.3 is 0 Å². The van der Waals surface area contributed by atoms with E-state index in [2.05, 4.69) is 10.3 Å². The van der Waals surface area contributed by atoms with E-state index in [1.54, 1.807) is 6.20 Å². The first kappa shape index (κ1) is 8.64. The highest BCUT2D eigenvalue weighted by Gasteiger charge is 2.07. The van der Waals surface area contributed by atoms with Crippen LogP contribution in [0.5, 0.6) is 0 Å². The van der Waals surface area contributed by atoms with Crippen LogP contribution in [-0.4, -0.2) is 23.2 Å². The number of likely N-dealkylation sites (N-methyl/N-ethyl adjacent to an activating group) is 1. The van der Waals surface area contributed by atoms with Gasteiger partial charge in [0.1, 0.15) is 11.1 Å². The van der Waals surface area contributed by atoms with Gasteiger partial charge in [-0.2, -0.15) is 0 Å². The van der Waals surface area contributed by atoms with Crippen molar-refractivity contribution in [3.63, 3.8) is 0 Å². The fraction of sp³-hybridized carbons (Fsp3) is 0.571. The third-order valence-corrected chi connectivity index (χ3v) is 2.20. The lowest BCUT2D eigenvalue weighted by molar-refractivity contribution is 0.175. The smallest absolute Gasteiger partial charge is 0.122 e. The van der Waals surface area contributed by atoms with Crippen molar-refractivity contribution < 1.29 is 5.11 Å². The molecule has 1 atom stereocenters. The number of thiazole rings is 1. The molecule has 4 heteroatoms. The second-order valence-corrected chi connectivity index (χ2v) is 3.12. The van der Waals surface area contributed by atoms with E-state index >= 15 is 0 Å². The Morgan fingerprint density at radius 3 is 3.18 bits per heavy atom. The third-order valence-electron chi connectivity index (χ3n) is 1.32. The van der Waals surface area contributed by atoms with E-state index in [1.807, 2.05) is 12.3 Å². The van der Waals surface area contributed by atoms with Crippen LogP contribution in [0.3, 0.4) is 0 Å². The van der Waals surface area contributed by atoms with Crippen LogP contribution >= 0.6 is 11.3 Å². The Bertz CT molecular complexity index is 188. The molecule has 0 spiro atoms. The van der Waals surface area contributed by atoms with Crippen molar-refractivity contribution in [1.82, 2.24) is 10.3 Å². The van der Waals surface area contributed by atoms with Gasteiger partial charge in [0.15, 0.2) is 0 Å². The van der Waals surface area contributed by atoms with Gasteiger partial charge in [-0.1, -0.05) is 6.92 Å². The first-order valence-corrected chi connectivity index (χ1v) is 4.50. The molecule has 0 aliphatic heterocycles. The van der Waals surface area contributed by atoms with Crippen molar-refractivity contribution in [2.75, 3.05) is 13.1 Å². The summed E-state index contributed by atoms with van der Waals surface area (Å²) >= 11 is 1.48. The lowest BCUT2D eigenvalue weighted by Gasteiger charge is -2.06. The zero-order valence-corrected chi connectivity index (χ0v) is 7.27. The number of hydrogen-bond donors (Lipinski definition) is 2. The molecule has 3 nitrogen and oxygen atoms in total. The molecule has 0 amide bonds. The first-order chi connectivity index (χ1) is 5.34. The van der Waals surface area contributed by atoms with Crippen molar-refractivity contribution in [2.45, 2.75) is 13.0 Å². The number of nitrogens with one attached hydrogen (secondary N) is 1. The lowest BCUT2D eigenvalue weighted by atomic mass is 10.4. The molecule has 0 aromatic carbocycles. The van der Waals surface area contributed by atoms with Crippen molar-refractivity contribution in [3.8, 4) is 0 Å². The average Bonchev–Trinajstić information content (AvgIpc) is 2.52. The van der Waals surface area contributed by atoms with E-state index in [1.165, 1.54) is 11.3 Å². The molecule has 0 aliphatic carbocycles. The monoisotopic (exact) mass is 172 g/mol. The van der Waals surface area contributed by atoms with Gasteiger partial charge in [0.05, 0.1) is 0 Å². The second-order valence-electron chi connectivity index (χ2n) is 2.19. The van der Waals surface area contributed by atoms with E-state index in [4.69, 9.17) is 0 Å². The molecule has 0 fully saturated rings. The Hall–Kier alpha value is -0.450. The van der Waals surface area contributed by atoms with Crippen molar-refractivity contribution in [3.05, 3.63) is 16.6 Å². The fourth-order valence-electron chi connectivity index (χ4n) is 0.767. The highest BCUT2D eigenvalue weighted by molar-refractivity contribution is 7.09. The molecule has 1 rings (SSSR count). The van der Waals surface area contributed by atoms with Crippen molar-refractivity contribution >= 4 is 11.3 Å². The quantitative estimate of drug-likeness (QED) is 0.705. The summed E-state index contributed by atoms with van der Waals surface area (Å²) in [5, 5.41) is 15.1. The standard InChI is InChI=1S/C7H12N2OS/c1-2-8-5-6(10)7-9-3-4-11-7/h3-4,6,8,10H,2,5H2,1H3. The van der Waals surface area contributed by atoms with Crippen LogP contribution in [0.4, 0.5) is 0 Å². The predicted octanol–water partition coefficient (Wildman–Crippen LogP) is 0.786. The Morgan fingerprint density at radius 2 is 2.64 bits per heavy atom. The van der Waals surface area contributed by atoms with Crippen LogP contribution in [-0.2, 0) is 0 Å². The summed E-state index contributed by atoms with van der Waals surface area (Å²) in [4.78, 5) is 4.00. The zero-order chi connectivity index (χ0) is 8.10. The van der Waals surface area contributed by atoms with Crippen molar-refractivity contribution in [2.24, 2.45) is 0 Å². The van der Waals surface area contributed by atoms with Gasteiger partial charge in [-0.25, -0.2) is 4.98 Å². The minimum Gasteiger partial charge on any atom is -0.385 e. The maximum atomic E-state index is 9.43. The summed E-state index contributed by atoms with van der Waals surface area (Å²) in [5.74, 6) is 0. The number of aliphatic hydroxyl groups excluding tert-OH is 1. The number of rotatable bonds is 4. The molecule has 0 aliphatic rings. The molecular weight excluding hydrogens is 160 g/mol. The predicted molar refractivity (Wildman–Crippen MR) is 45.6 cm³/mol. The Balaban J connectivity index is 2.36. The molecule has 0 saturated heterocycles. The zero-order valence-electron chi connectivity index (χ0n) is 6.45. The largest absolute Gasteiger partial charge is 0.385 e. The summed E-state index contributed by atoms with van der Waals surface area (Å²) < 4.78 is 0. The second kappa shape index (κ2) is 4.43. The van der Waals surface area contributed by atoms with Crippen molar-refractivity contribution in [1.29, 1.82) is 0 Å². The van der Waals surface area contributed by atoms with E-state index in [-0.39, 0.29) is 0 Å². The van der Waals surface area contributed by atoms with E-state index in [9.17, 15) is 5.11 Å².